The highest BCUT2D eigenvalue weighted by Gasteiger charge is 2.27. The third-order valence-corrected chi connectivity index (χ3v) is 4.41. The molecule has 0 amide bonds. The molecule has 3 heteroatoms. The third-order valence-electron chi connectivity index (χ3n) is 4.41. The maximum atomic E-state index is 4.10. The molecule has 0 saturated heterocycles. The number of nitrogens with one attached hydrogen (secondary N) is 1. The summed E-state index contributed by atoms with van der Waals surface area (Å²) in [4.78, 5) is 6.65. The van der Waals surface area contributed by atoms with Crippen molar-refractivity contribution in [1.29, 1.82) is 0 Å². The molecule has 3 nitrogen and oxygen atoms in total. The monoisotopic (exact) mass is 277 g/mol. The summed E-state index contributed by atoms with van der Waals surface area (Å²) in [5, 5.41) is 3.55. The molecular weight excluding hydrogens is 246 g/mol. The number of hydrogen-bond acceptors (Lipinski definition) is 3. The summed E-state index contributed by atoms with van der Waals surface area (Å²) >= 11 is 0. The highest BCUT2D eigenvalue weighted by atomic mass is 15.1. The molecule has 0 aliphatic carbocycles. The quantitative estimate of drug-likeness (QED) is 0.711. The molecule has 1 aromatic rings. The van der Waals surface area contributed by atoms with Crippen LogP contribution < -0.4 is 5.32 Å². The summed E-state index contributed by atoms with van der Waals surface area (Å²) in [6.45, 7) is 14.5. The molecule has 114 valence electrons. The second-order valence-electron chi connectivity index (χ2n) is 5.65. The van der Waals surface area contributed by atoms with Gasteiger partial charge in [-0.2, -0.15) is 0 Å². The number of aromatic nitrogens is 1. The van der Waals surface area contributed by atoms with E-state index < -0.39 is 0 Å². The molecule has 0 unspecified atom stereocenters. The molecule has 0 spiro atoms. The van der Waals surface area contributed by atoms with Crippen LogP contribution in [-0.2, 0) is 6.54 Å². The molecule has 1 aromatic heterocycles. The van der Waals surface area contributed by atoms with E-state index in [2.05, 4.69) is 55.0 Å². The van der Waals surface area contributed by atoms with Gasteiger partial charge in [-0.1, -0.05) is 27.7 Å². The smallest absolute Gasteiger partial charge is 0.0271 e. The van der Waals surface area contributed by atoms with Crippen LogP contribution in [0.25, 0.3) is 0 Å². The van der Waals surface area contributed by atoms with Crippen molar-refractivity contribution in [3.8, 4) is 0 Å². The van der Waals surface area contributed by atoms with Crippen LogP contribution in [0.3, 0.4) is 0 Å². The van der Waals surface area contributed by atoms with Gasteiger partial charge in [0, 0.05) is 32.0 Å². The van der Waals surface area contributed by atoms with Gasteiger partial charge in [0.2, 0.25) is 0 Å². The Bertz CT molecular complexity index is 347. The summed E-state index contributed by atoms with van der Waals surface area (Å²) in [5.41, 5.74) is 1.74. The Hall–Kier alpha value is -0.930. The lowest BCUT2D eigenvalue weighted by molar-refractivity contribution is 0.134. The fourth-order valence-corrected chi connectivity index (χ4v) is 2.67. The van der Waals surface area contributed by atoms with Crippen LogP contribution in [0.15, 0.2) is 24.5 Å². The Labute approximate surface area is 124 Å². The van der Waals surface area contributed by atoms with Gasteiger partial charge in [-0.15, -0.1) is 0 Å². The van der Waals surface area contributed by atoms with Crippen molar-refractivity contribution in [1.82, 2.24) is 15.2 Å². The summed E-state index contributed by atoms with van der Waals surface area (Å²) in [7, 11) is 0. The van der Waals surface area contributed by atoms with Crippen LogP contribution in [0.2, 0.25) is 0 Å². The number of pyridine rings is 1. The molecular formula is C17H31N3. The molecule has 1 rings (SSSR count). The normalized spacial score (nSPS) is 12.1. The highest BCUT2D eigenvalue weighted by molar-refractivity contribution is 5.09. The van der Waals surface area contributed by atoms with Crippen LogP contribution in [0.1, 0.15) is 46.1 Å². The minimum atomic E-state index is 0.388. The lowest BCUT2D eigenvalue weighted by Gasteiger charge is -2.37. The fraction of sp³-hybridized carbons (Fsp3) is 0.706. The van der Waals surface area contributed by atoms with E-state index in [1.165, 1.54) is 18.4 Å². The highest BCUT2D eigenvalue weighted by Crippen LogP contribution is 2.27. The molecule has 0 fully saturated rings. The summed E-state index contributed by atoms with van der Waals surface area (Å²) in [6, 6.07) is 4.24. The number of nitrogens with zero attached hydrogens (tertiary/aromatic N) is 2. The zero-order valence-electron chi connectivity index (χ0n) is 13.7. The Kier molecular flexibility index (Phi) is 7.78. The van der Waals surface area contributed by atoms with Gasteiger partial charge < -0.3 is 5.32 Å². The van der Waals surface area contributed by atoms with Crippen molar-refractivity contribution in [2.75, 3.05) is 26.2 Å². The summed E-state index contributed by atoms with van der Waals surface area (Å²) in [6.07, 6.45) is 6.22. The van der Waals surface area contributed by atoms with Gasteiger partial charge >= 0.3 is 0 Å². The maximum Gasteiger partial charge on any atom is 0.0271 e. The van der Waals surface area contributed by atoms with E-state index in [-0.39, 0.29) is 0 Å². The largest absolute Gasteiger partial charge is 0.316 e. The first-order valence-electron chi connectivity index (χ1n) is 8.01. The summed E-state index contributed by atoms with van der Waals surface area (Å²) < 4.78 is 0. The van der Waals surface area contributed by atoms with Crippen molar-refractivity contribution in [2.45, 2.75) is 47.1 Å². The topological polar surface area (TPSA) is 28.2 Å². The van der Waals surface area contributed by atoms with Gasteiger partial charge in [0.15, 0.2) is 0 Å². The molecule has 1 N–H and O–H groups in total. The average Bonchev–Trinajstić information content (AvgIpc) is 2.51. The predicted octanol–water partition coefficient (Wildman–Crippen LogP) is 3.32. The first-order valence-corrected chi connectivity index (χ1v) is 8.01. The first-order chi connectivity index (χ1) is 9.69. The van der Waals surface area contributed by atoms with Crippen LogP contribution in [0.5, 0.6) is 0 Å². The van der Waals surface area contributed by atoms with E-state index in [0.717, 1.165) is 32.7 Å². The SMILES string of the molecule is CCNCC(CC)(CC)CN(CC)Cc1ccncc1. The Balaban J connectivity index is 2.68. The predicted molar refractivity (Wildman–Crippen MR) is 86.7 cm³/mol. The van der Waals surface area contributed by atoms with Crippen molar-refractivity contribution in [3.63, 3.8) is 0 Å². The minimum Gasteiger partial charge on any atom is -0.316 e. The van der Waals surface area contributed by atoms with Gasteiger partial charge in [0.1, 0.15) is 0 Å². The first kappa shape index (κ1) is 17.1. The second kappa shape index (κ2) is 9.09. The standard InChI is InChI=1S/C17H31N3/c1-5-17(6-2,14-18-7-3)15-20(8-4)13-16-9-11-19-12-10-16/h9-12,18H,5-8,13-15H2,1-4H3. The minimum absolute atomic E-state index is 0.388. The maximum absolute atomic E-state index is 4.10. The molecule has 0 aliphatic rings. The van der Waals surface area contributed by atoms with Crippen LogP contribution in [0, 0.1) is 5.41 Å². The Morgan fingerprint density at radius 2 is 1.75 bits per heavy atom. The van der Waals surface area contributed by atoms with E-state index in [1.807, 2.05) is 12.4 Å². The van der Waals surface area contributed by atoms with Gasteiger partial charge in [0.05, 0.1) is 0 Å². The third kappa shape index (κ3) is 5.22. The van der Waals surface area contributed by atoms with Crippen LogP contribution in [-0.4, -0.2) is 36.1 Å². The van der Waals surface area contributed by atoms with Gasteiger partial charge in [-0.25, -0.2) is 0 Å². The van der Waals surface area contributed by atoms with Gasteiger partial charge in [0.25, 0.3) is 0 Å². The molecule has 20 heavy (non-hydrogen) atoms. The molecule has 1 heterocycles. The molecule has 0 bridgehead atoms. The number of rotatable bonds is 10. The van der Waals surface area contributed by atoms with Crippen LogP contribution in [0.4, 0.5) is 0 Å². The van der Waals surface area contributed by atoms with Gasteiger partial charge in [-0.05, 0) is 49.0 Å². The summed E-state index contributed by atoms with van der Waals surface area (Å²) in [5.74, 6) is 0. The zero-order chi connectivity index (χ0) is 14.8. The lowest BCUT2D eigenvalue weighted by Crippen LogP contribution is -2.43. The zero-order valence-corrected chi connectivity index (χ0v) is 13.7. The lowest BCUT2D eigenvalue weighted by atomic mass is 9.81. The van der Waals surface area contributed by atoms with Crippen molar-refractivity contribution in [3.05, 3.63) is 30.1 Å². The van der Waals surface area contributed by atoms with Crippen molar-refractivity contribution >= 4 is 0 Å². The average molecular weight is 277 g/mol. The van der Waals surface area contributed by atoms with Crippen LogP contribution >= 0.6 is 0 Å². The fourth-order valence-electron chi connectivity index (χ4n) is 2.67. The van der Waals surface area contributed by atoms with Gasteiger partial charge in [-0.3, -0.25) is 9.88 Å². The van der Waals surface area contributed by atoms with E-state index in [1.54, 1.807) is 0 Å². The van der Waals surface area contributed by atoms with Crippen molar-refractivity contribution < 1.29 is 0 Å². The number of hydrogen-bond donors (Lipinski definition) is 1. The molecule has 0 radical (unpaired) electrons. The molecule has 0 saturated carbocycles. The van der Waals surface area contributed by atoms with Crippen molar-refractivity contribution in [2.24, 2.45) is 5.41 Å². The van der Waals surface area contributed by atoms with E-state index in [4.69, 9.17) is 0 Å². The molecule has 0 aromatic carbocycles. The van der Waals surface area contributed by atoms with E-state index in [0.29, 0.717) is 5.41 Å². The Morgan fingerprint density at radius 3 is 2.25 bits per heavy atom. The van der Waals surface area contributed by atoms with E-state index >= 15 is 0 Å². The molecule has 0 aliphatic heterocycles. The van der Waals surface area contributed by atoms with E-state index in [9.17, 15) is 0 Å². The Morgan fingerprint density at radius 1 is 1.10 bits per heavy atom. The second-order valence-corrected chi connectivity index (χ2v) is 5.65. The molecule has 0 atom stereocenters.